The van der Waals surface area contributed by atoms with Crippen molar-refractivity contribution in [2.24, 2.45) is 5.73 Å². The maximum absolute atomic E-state index is 11.8. The standard InChI is InChI=1S/C10H15N3O3S/c1-4-16-10(15)5-6(11)7(8(12)14)17-9(5)13(2)3/h4,11H2,1-3H3,(H2,12,14). The summed E-state index contributed by atoms with van der Waals surface area (Å²) in [6, 6.07) is 0. The average molecular weight is 257 g/mol. The van der Waals surface area contributed by atoms with Crippen molar-refractivity contribution in [1.29, 1.82) is 0 Å². The molecule has 0 atom stereocenters. The van der Waals surface area contributed by atoms with E-state index in [4.69, 9.17) is 16.2 Å². The lowest BCUT2D eigenvalue weighted by Gasteiger charge is -2.11. The van der Waals surface area contributed by atoms with E-state index in [1.165, 1.54) is 0 Å². The number of rotatable bonds is 4. The molecule has 1 aromatic heterocycles. The van der Waals surface area contributed by atoms with E-state index in [-0.39, 0.29) is 22.7 Å². The van der Waals surface area contributed by atoms with Crippen LogP contribution in [0.3, 0.4) is 0 Å². The highest BCUT2D eigenvalue weighted by Crippen LogP contribution is 2.37. The summed E-state index contributed by atoms with van der Waals surface area (Å²) in [7, 11) is 3.50. The van der Waals surface area contributed by atoms with Gasteiger partial charge in [0.05, 0.1) is 12.3 Å². The van der Waals surface area contributed by atoms with Crippen molar-refractivity contribution in [2.45, 2.75) is 6.92 Å². The van der Waals surface area contributed by atoms with Gasteiger partial charge in [0.1, 0.15) is 15.4 Å². The third kappa shape index (κ3) is 2.50. The molecule has 4 N–H and O–H groups in total. The zero-order valence-corrected chi connectivity index (χ0v) is 10.8. The van der Waals surface area contributed by atoms with Gasteiger partial charge in [-0.15, -0.1) is 11.3 Å². The van der Waals surface area contributed by atoms with Crippen LogP contribution in [0.5, 0.6) is 0 Å². The average Bonchev–Trinajstić information content (AvgIpc) is 2.56. The second-order valence-corrected chi connectivity index (χ2v) is 4.50. The largest absolute Gasteiger partial charge is 0.462 e. The highest BCUT2D eigenvalue weighted by atomic mass is 32.1. The lowest BCUT2D eigenvalue weighted by atomic mass is 10.2. The molecule has 0 aliphatic heterocycles. The Morgan fingerprint density at radius 2 is 2.00 bits per heavy atom. The van der Waals surface area contributed by atoms with Crippen LogP contribution in [0.25, 0.3) is 0 Å². The first kappa shape index (κ1) is 13.3. The predicted molar refractivity (Wildman–Crippen MR) is 67.5 cm³/mol. The highest BCUT2D eigenvalue weighted by Gasteiger charge is 2.26. The Bertz CT molecular complexity index is 454. The van der Waals surface area contributed by atoms with Crippen molar-refractivity contribution in [3.63, 3.8) is 0 Å². The van der Waals surface area contributed by atoms with Crippen LogP contribution in [0.4, 0.5) is 10.7 Å². The summed E-state index contributed by atoms with van der Waals surface area (Å²) in [6.45, 7) is 1.94. The molecule has 6 nitrogen and oxygen atoms in total. The van der Waals surface area contributed by atoms with Crippen LogP contribution in [0, 0.1) is 0 Å². The Kier molecular flexibility index (Phi) is 3.95. The molecule has 0 unspecified atom stereocenters. The van der Waals surface area contributed by atoms with Crippen molar-refractivity contribution in [1.82, 2.24) is 0 Å². The van der Waals surface area contributed by atoms with Gasteiger partial charge < -0.3 is 21.1 Å². The van der Waals surface area contributed by atoms with Crippen LogP contribution in [-0.2, 0) is 4.74 Å². The highest BCUT2D eigenvalue weighted by molar-refractivity contribution is 7.19. The lowest BCUT2D eigenvalue weighted by Crippen LogP contribution is -2.15. The number of amides is 1. The van der Waals surface area contributed by atoms with Gasteiger partial charge in [0.25, 0.3) is 5.91 Å². The Labute approximate surface area is 103 Å². The van der Waals surface area contributed by atoms with Gasteiger partial charge >= 0.3 is 5.97 Å². The molecule has 17 heavy (non-hydrogen) atoms. The molecule has 0 radical (unpaired) electrons. The molecule has 1 aromatic rings. The van der Waals surface area contributed by atoms with Crippen LogP contribution in [0.2, 0.25) is 0 Å². The number of nitrogens with two attached hydrogens (primary N) is 2. The summed E-state index contributed by atoms with van der Waals surface area (Å²) in [6.07, 6.45) is 0. The van der Waals surface area contributed by atoms with E-state index in [0.29, 0.717) is 5.00 Å². The zero-order chi connectivity index (χ0) is 13.2. The summed E-state index contributed by atoms with van der Waals surface area (Å²) >= 11 is 1.08. The van der Waals surface area contributed by atoms with Crippen molar-refractivity contribution in [3.8, 4) is 0 Å². The van der Waals surface area contributed by atoms with Gasteiger partial charge in [-0.3, -0.25) is 4.79 Å². The molecule has 1 rings (SSSR count). The summed E-state index contributed by atoms with van der Waals surface area (Å²) in [4.78, 5) is 24.8. The number of hydrogen-bond acceptors (Lipinski definition) is 6. The van der Waals surface area contributed by atoms with Gasteiger partial charge in [-0.05, 0) is 6.92 Å². The van der Waals surface area contributed by atoms with Gasteiger partial charge in [-0.2, -0.15) is 0 Å². The molecular weight excluding hydrogens is 242 g/mol. The van der Waals surface area contributed by atoms with Gasteiger partial charge in [-0.25, -0.2) is 4.79 Å². The molecule has 0 fully saturated rings. The van der Waals surface area contributed by atoms with Gasteiger partial charge in [0.15, 0.2) is 0 Å². The molecule has 0 aromatic carbocycles. The minimum atomic E-state index is -0.647. The van der Waals surface area contributed by atoms with E-state index in [1.54, 1.807) is 25.9 Å². The molecule has 0 saturated carbocycles. The quantitative estimate of drug-likeness (QED) is 0.772. The smallest absolute Gasteiger partial charge is 0.343 e. The summed E-state index contributed by atoms with van der Waals surface area (Å²) in [5.74, 6) is -1.19. The second kappa shape index (κ2) is 5.05. The van der Waals surface area contributed by atoms with Gasteiger partial charge in [0, 0.05) is 14.1 Å². The number of ether oxygens (including phenoxy) is 1. The molecule has 0 saturated heterocycles. The zero-order valence-electron chi connectivity index (χ0n) is 9.94. The fourth-order valence-electron chi connectivity index (χ4n) is 1.33. The van der Waals surface area contributed by atoms with E-state index in [9.17, 15) is 9.59 Å². The molecule has 0 spiro atoms. The number of nitrogen functional groups attached to an aromatic ring is 1. The number of esters is 1. The van der Waals surface area contributed by atoms with Crippen LogP contribution >= 0.6 is 11.3 Å². The monoisotopic (exact) mass is 257 g/mol. The minimum absolute atomic E-state index is 0.0876. The number of carbonyl (C=O) groups is 2. The first-order chi connectivity index (χ1) is 7.90. The normalized spacial score (nSPS) is 10.1. The number of hydrogen-bond donors (Lipinski definition) is 2. The molecule has 1 amide bonds. The number of thiophene rings is 1. The van der Waals surface area contributed by atoms with Gasteiger partial charge in [0.2, 0.25) is 0 Å². The van der Waals surface area contributed by atoms with Crippen molar-refractivity contribution in [2.75, 3.05) is 31.3 Å². The Morgan fingerprint density at radius 3 is 2.41 bits per heavy atom. The molecule has 1 heterocycles. The lowest BCUT2D eigenvalue weighted by molar-refractivity contribution is 0.0529. The van der Waals surface area contributed by atoms with Gasteiger partial charge in [-0.1, -0.05) is 0 Å². The molecule has 0 bridgehead atoms. The Morgan fingerprint density at radius 1 is 1.41 bits per heavy atom. The van der Waals surface area contributed by atoms with Crippen LogP contribution in [-0.4, -0.2) is 32.6 Å². The SMILES string of the molecule is CCOC(=O)c1c(N(C)C)sc(C(N)=O)c1N. The first-order valence-electron chi connectivity index (χ1n) is 4.96. The maximum Gasteiger partial charge on any atom is 0.343 e. The van der Waals surface area contributed by atoms with E-state index in [1.807, 2.05) is 0 Å². The molecule has 0 aliphatic carbocycles. The summed E-state index contributed by atoms with van der Waals surface area (Å²) < 4.78 is 4.90. The molecular formula is C10H15N3O3S. The van der Waals surface area contributed by atoms with Crippen LogP contribution in [0.15, 0.2) is 0 Å². The third-order valence-corrected chi connectivity index (χ3v) is 3.42. The third-order valence-electron chi connectivity index (χ3n) is 2.04. The van der Waals surface area contributed by atoms with E-state index >= 15 is 0 Å². The predicted octanol–water partition coefficient (Wildman–Crippen LogP) is 0.672. The number of nitrogens with zero attached hydrogens (tertiary/aromatic N) is 1. The maximum atomic E-state index is 11.8. The number of anilines is 2. The van der Waals surface area contributed by atoms with Crippen molar-refractivity contribution < 1.29 is 14.3 Å². The fraction of sp³-hybridized carbons (Fsp3) is 0.400. The first-order valence-corrected chi connectivity index (χ1v) is 5.78. The molecule has 94 valence electrons. The Hall–Kier alpha value is -1.76. The number of carbonyl (C=O) groups excluding carboxylic acids is 2. The summed E-state index contributed by atoms with van der Waals surface area (Å²) in [5.41, 5.74) is 11.2. The minimum Gasteiger partial charge on any atom is -0.462 e. The van der Waals surface area contributed by atoms with Crippen LogP contribution < -0.4 is 16.4 Å². The summed E-state index contributed by atoms with van der Waals surface area (Å²) in [5, 5.41) is 0.565. The topological polar surface area (TPSA) is 98.6 Å². The Balaban J connectivity index is 3.34. The van der Waals surface area contributed by atoms with E-state index in [2.05, 4.69) is 0 Å². The van der Waals surface area contributed by atoms with Crippen molar-refractivity contribution in [3.05, 3.63) is 10.4 Å². The fourth-order valence-corrected chi connectivity index (χ4v) is 2.31. The van der Waals surface area contributed by atoms with E-state index in [0.717, 1.165) is 11.3 Å². The number of primary amides is 1. The van der Waals surface area contributed by atoms with Crippen LogP contribution in [0.1, 0.15) is 27.0 Å². The second-order valence-electron chi connectivity index (χ2n) is 3.50. The van der Waals surface area contributed by atoms with Crippen molar-refractivity contribution >= 4 is 33.9 Å². The van der Waals surface area contributed by atoms with E-state index < -0.39 is 11.9 Å². The molecule has 0 aliphatic rings. The molecule has 7 heteroatoms.